The molecule has 0 bridgehead atoms. The number of carbonyl (C=O) groups excluding carboxylic acids is 1. The first-order valence-corrected chi connectivity index (χ1v) is 6.44. The van der Waals surface area contributed by atoms with Gasteiger partial charge in [0.2, 0.25) is 5.91 Å². The van der Waals surface area contributed by atoms with Crippen LogP contribution in [0.3, 0.4) is 0 Å². The smallest absolute Gasteiger partial charge is 0.233 e. The molecule has 1 aromatic carbocycles. The van der Waals surface area contributed by atoms with Gasteiger partial charge in [0.25, 0.3) is 0 Å². The third-order valence-corrected chi connectivity index (χ3v) is 3.17. The summed E-state index contributed by atoms with van der Waals surface area (Å²) < 4.78 is 0. The topological polar surface area (TPSA) is 40.5 Å². The Hall–Kier alpha value is -1.26. The molecule has 0 aliphatic heterocycles. The fourth-order valence-electron chi connectivity index (χ4n) is 1.35. The van der Waals surface area contributed by atoms with E-state index in [1.165, 1.54) is 11.8 Å². The molecule has 0 saturated heterocycles. The van der Waals surface area contributed by atoms with Crippen LogP contribution in [0.2, 0.25) is 0 Å². The molecule has 3 nitrogen and oxygen atoms in total. The van der Waals surface area contributed by atoms with Crippen LogP contribution in [0.15, 0.2) is 47.9 Å². The van der Waals surface area contributed by atoms with Crippen LogP contribution in [0.25, 0.3) is 0 Å². The molecule has 0 saturated carbocycles. The maximum atomic E-state index is 11.8. The summed E-state index contributed by atoms with van der Waals surface area (Å²) in [5, 5.41) is 8.86. The highest BCUT2D eigenvalue weighted by molar-refractivity contribution is 8.00. The monoisotopic (exact) mass is 251 g/mol. The molecule has 0 heterocycles. The number of carbonyl (C=O) groups is 1. The fraction of sp³-hybridized carbons (Fsp3) is 0.308. The van der Waals surface area contributed by atoms with E-state index in [1.807, 2.05) is 30.3 Å². The van der Waals surface area contributed by atoms with Crippen LogP contribution < -0.4 is 0 Å². The normalized spacial score (nSPS) is 9.94. The number of rotatable bonds is 7. The van der Waals surface area contributed by atoms with Gasteiger partial charge >= 0.3 is 0 Å². The van der Waals surface area contributed by atoms with Crippen molar-refractivity contribution in [3.8, 4) is 0 Å². The van der Waals surface area contributed by atoms with Crippen LogP contribution in [0.1, 0.15) is 0 Å². The predicted molar refractivity (Wildman–Crippen MR) is 71.0 cm³/mol. The molecule has 17 heavy (non-hydrogen) atoms. The Morgan fingerprint density at radius 2 is 2.12 bits per heavy atom. The lowest BCUT2D eigenvalue weighted by Gasteiger charge is -2.19. The summed E-state index contributed by atoms with van der Waals surface area (Å²) in [5.41, 5.74) is 0. The number of nitrogens with zero attached hydrogens (tertiary/aromatic N) is 1. The Morgan fingerprint density at radius 3 is 2.71 bits per heavy atom. The van der Waals surface area contributed by atoms with Gasteiger partial charge in [0.05, 0.1) is 12.4 Å². The van der Waals surface area contributed by atoms with Gasteiger partial charge in [-0.25, -0.2) is 0 Å². The number of thioether (sulfide) groups is 1. The number of benzene rings is 1. The molecule has 0 spiro atoms. The van der Waals surface area contributed by atoms with E-state index in [0.717, 1.165) is 4.90 Å². The second-order valence-electron chi connectivity index (χ2n) is 3.45. The Bertz CT molecular complexity index is 354. The predicted octanol–water partition coefficient (Wildman–Crippen LogP) is 1.79. The first-order chi connectivity index (χ1) is 8.27. The van der Waals surface area contributed by atoms with E-state index in [9.17, 15) is 4.79 Å². The minimum absolute atomic E-state index is 0.0183. The Kier molecular flexibility index (Phi) is 6.43. The van der Waals surface area contributed by atoms with Crippen LogP contribution in [0.5, 0.6) is 0 Å². The molecular formula is C13H17NO2S. The van der Waals surface area contributed by atoms with E-state index in [-0.39, 0.29) is 12.5 Å². The Balaban J connectivity index is 2.44. The zero-order chi connectivity index (χ0) is 12.5. The molecule has 0 aromatic heterocycles. The molecule has 1 aromatic rings. The SMILES string of the molecule is C=CCN(CCO)C(=O)CSc1ccccc1. The van der Waals surface area contributed by atoms with E-state index in [4.69, 9.17) is 5.11 Å². The summed E-state index contributed by atoms with van der Waals surface area (Å²) in [6.07, 6.45) is 1.67. The zero-order valence-electron chi connectivity index (χ0n) is 9.71. The summed E-state index contributed by atoms with van der Waals surface area (Å²) in [4.78, 5) is 14.5. The third-order valence-electron chi connectivity index (χ3n) is 2.18. The molecule has 92 valence electrons. The van der Waals surface area contributed by atoms with E-state index < -0.39 is 0 Å². The lowest BCUT2D eigenvalue weighted by molar-refractivity contribution is -0.128. The molecule has 0 aliphatic carbocycles. The summed E-state index contributed by atoms with van der Waals surface area (Å²) in [6.45, 7) is 4.43. The average molecular weight is 251 g/mol. The van der Waals surface area contributed by atoms with Gasteiger partial charge < -0.3 is 10.0 Å². The standard InChI is InChI=1S/C13H17NO2S/c1-2-8-14(9-10-15)13(16)11-17-12-6-4-3-5-7-12/h2-7,15H,1,8-11H2. The van der Waals surface area contributed by atoms with Crippen molar-refractivity contribution in [2.45, 2.75) is 4.90 Å². The number of aliphatic hydroxyl groups is 1. The summed E-state index contributed by atoms with van der Waals surface area (Å²) >= 11 is 1.50. The quantitative estimate of drug-likeness (QED) is 0.593. The molecule has 0 unspecified atom stereocenters. The minimum Gasteiger partial charge on any atom is -0.395 e. The maximum absolute atomic E-state index is 11.8. The number of aliphatic hydroxyl groups excluding tert-OH is 1. The highest BCUT2D eigenvalue weighted by Crippen LogP contribution is 2.17. The fourth-order valence-corrected chi connectivity index (χ4v) is 2.17. The van der Waals surface area contributed by atoms with Crippen LogP contribution in [-0.4, -0.2) is 41.4 Å². The molecule has 0 atom stereocenters. The average Bonchev–Trinajstić information content (AvgIpc) is 2.37. The molecule has 1 amide bonds. The Morgan fingerprint density at radius 1 is 1.41 bits per heavy atom. The van der Waals surface area contributed by atoms with E-state index in [1.54, 1.807) is 11.0 Å². The first kappa shape index (κ1) is 13.8. The molecule has 4 heteroatoms. The highest BCUT2D eigenvalue weighted by Gasteiger charge is 2.11. The summed E-state index contributed by atoms with van der Waals surface area (Å²) in [6, 6.07) is 9.79. The van der Waals surface area contributed by atoms with Gasteiger partial charge in [0.15, 0.2) is 0 Å². The van der Waals surface area contributed by atoms with Crippen molar-refractivity contribution < 1.29 is 9.90 Å². The molecule has 0 fully saturated rings. The molecule has 1 rings (SSSR count). The van der Waals surface area contributed by atoms with Crippen molar-refractivity contribution in [2.24, 2.45) is 0 Å². The first-order valence-electron chi connectivity index (χ1n) is 5.45. The summed E-state index contributed by atoms with van der Waals surface area (Å²) in [7, 11) is 0. The maximum Gasteiger partial charge on any atom is 0.233 e. The highest BCUT2D eigenvalue weighted by atomic mass is 32.2. The van der Waals surface area contributed by atoms with Crippen LogP contribution in [0, 0.1) is 0 Å². The van der Waals surface area contributed by atoms with Gasteiger partial charge in [0.1, 0.15) is 0 Å². The third kappa shape index (κ3) is 5.06. The molecule has 0 radical (unpaired) electrons. The lowest BCUT2D eigenvalue weighted by Crippen LogP contribution is -2.34. The van der Waals surface area contributed by atoms with Gasteiger partial charge in [-0.15, -0.1) is 18.3 Å². The summed E-state index contributed by atoms with van der Waals surface area (Å²) in [5.74, 6) is 0.408. The van der Waals surface area contributed by atoms with Crippen molar-refractivity contribution in [1.82, 2.24) is 4.90 Å². The number of hydrogen-bond donors (Lipinski definition) is 1. The number of hydrogen-bond acceptors (Lipinski definition) is 3. The van der Waals surface area contributed by atoms with E-state index in [2.05, 4.69) is 6.58 Å². The second kappa shape index (κ2) is 7.92. The Labute approximate surface area is 106 Å². The van der Waals surface area contributed by atoms with Gasteiger partial charge in [-0.05, 0) is 12.1 Å². The van der Waals surface area contributed by atoms with Crippen molar-refractivity contribution in [3.63, 3.8) is 0 Å². The van der Waals surface area contributed by atoms with Crippen molar-refractivity contribution >= 4 is 17.7 Å². The molecular weight excluding hydrogens is 234 g/mol. The van der Waals surface area contributed by atoms with Gasteiger partial charge in [-0.2, -0.15) is 0 Å². The van der Waals surface area contributed by atoms with Crippen LogP contribution >= 0.6 is 11.8 Å². The van der Waals surface area contributed by atoms with E-state index in [0.29, 0.717) is 18.8 Å². The van der Waals surface area contributed by atoms with Gasteiger partial charge in [0, 0.05) is 18.0 Å². The van der Waals surface area contributed by atoms with Gasteiger partial charge in [-0.3, -0.25) is 4.79 Å². The second-order valence-corrected chi connectivity index (χ2v) is 4.50. The van der Waals surface area contributed by atoms with E-state index >= 15 is 0 Å². The number of amides is 1. The molecule has 1 N–H and O–H groups in total. The largest absolute Gasteiger partial charge is 0.395 e. The van der Waals surface area contributed by atoms with Crippen molar-refractivity contribution in [3.05, 3.63) is 43.0 Å². The van der Waals surface area contributed by atoms with Crippen LogP contribution in [-0.2, 0) is 4.79 Å². The van der Waals surface area contributed by atoms with Gasteiger partial charge in [-0.1, -0.05) is 24.3 Å². The van der Waals surface area contributed by atoms with Crippen molar-refractivity contribution in [1.29, 1.82) is 0 Å². The van der Waals surface area contributed by atoms with Crippen LogP contribution in [0.4, 0.5) is 0 Å². The van der Waals surface area contributed by atoms with Crippen molar-refractivity contribution in [2.75, 3.05) is 25.4 Å². The molecule has 0 aliphatic rings. The minimum atomic E-state index is -0.0183. The lowest BCUT2D eigenvalue weighted by atomic mass is 10.4. The zero-order valence-corrected chi connectivity index (χ0v) is 10.5.